The van der Waals surface area contributed by atoms with Crippen molar-refractivity contribution >= 4 is 5.91 Å². The van der Waals surface area contributed by atoms with Crippen LogP contribution < -0.4 is 5.84 Å². The number of hydrazine groups is 1. The first kappa shape index (κ1) is 11.0. The molecule has 0 aromatic heterocycles. The largest absolute Gasteiger partial charge is 0.325 e. The molecule has 1 atom stereocenters. The molecule has 0 spiro atoms. The van der Waals surface area contributed by atoms with Gasteiger partial charge in [0.2, 0.25) is 5.91 Å². The van der Waals surface area contributed by atoms with E-state index in [4.69, 9.17) is 11.1 Å². The number of carbonyl (C=O) groups excluding carboxylic acids is 1. The maximum atomic E-state index is 11.6. The van der Waals surface area contributed by atoms with Gasteiger partial charge in [-0.2, -0.15) is 5.26 Å². The average Bonchev–Trinajstić information content (AvgIpc) is 2.65. The SMILES string of the molecule is CCN(N)CC(=O)N1CCCC1C#N. The van der Waals surface area contributed by atoms with E-state index in [1.54, 1.807) is 4.90 Å². The molecule has 5 nitrogen and oxygen atoms in total. The van der Waals surface area contributed by atoms with Gasteiger partial charge in [-0.3, -0.25) is 10.6 Å². The van der Waals surface area contributed by atoms with Crippen molar-refractivity contribution in [3.63, 3.8) is 0 Å². The molecule has 0 saturated carbocycles. The number of hydrogen-bond donors (Lipinski definition) is 1. The minimum Gasteiger partial charge on any atom is -0.325 e. The standard InChI is InChI=1S/C9H16N4O/c1-2-12(11)7-9(14)13-5-3-4-8(13)6-10/h8H,2-5,7,11H2,1H3. The van der Waals surface area contributed by atoms with Gasteiger partial charge in [0.05, 0.1) is 12.6 Å². The molecule has 1 amide bonds. The summed E-state index contributed by atoms with van der Waals surface area (Å²) in [4.78, 5) is 13.3. The zero-order valence-electron chi connectivity index (χ0n) is 8.44. The lowest BCUT2D eigenvalue weighted by molar-refractivity contribution is -0.132. The van der Waals surface area contributed by atoms with E-state index in [1.165, 1.54) is 5.01 Å². The van der Waals surface area contributed by atoms with Crippen LogP contribution in [0.2, 0.25) is 0 Å². The topological polar surface area (TPSA) is 73.4 Å². The summed E-state index contributed by atoms with van der Waals surface area (Å²) >= 11 is 0. The Morgan fingerprint density at radius 1 is 1.79 bits per heavy atom. The Hall–Kier alpha value is -1.12. The molecule has 1 fully saturated rings. The smallest absolute Gasteiger partial charge is 0.239 e. The summed E-state index contributed by atoms with van der Waals surface area (Å²) in [7, 11) is 0. The molecule has 0 radical (unpaired) electrons. The lowest BCUT2D eigenvalue weighted by Gasteiger charge is -2.22. The van der Waals surface area contributed by atoms with Gasteiger partial charge in [0.25, 0.3) is 0 Å². The molecule has 5 heteroatoms. The molecule has 1 unspecified atom stereocenters. The third kappa shape index (κ3) is 2.44. The van der Waals surface area contributed by atoms with E-state index in [2.05, 4.69) is 6.07 Å². The maximum Gasteiger partial charge on any atom is 0.239 e. The van der Waals surface area contributed by atoms with Crippen molar-refractivity contribution in [2.24, 2.45) is 5.84 Å². The van der Waals surface area contributed by atoms with E-state index in [9.17, 15) is 4.79 Å². The number of nitriles is 1. The van der Waals surface area contributed by atoms with Gasteiger partial charge in [-0.1, -0.05) is 6.92 Å². The van der Waals surface area contributed by atoms with Gasteiger partial charge in [0, 0.05) is 13.1 Å². The van der Waals surface area contributed by atoms with Crippen molar-refractivity contribution in [2.75, 3.05) is 19.6 Å². The van der Waals surface area contributed by atoms with Crippen molar-refractivity contribution in [3.05, 3.63) is 0 Å². The number of hydrogen-bond acceptors (Lipinski definition) is 4. The predicted octanol–water partition coefficient (Wildman–Crippen LogP) is -0.303. The van der Waals surface area contributed by atoms with E-state index < -0.39 is 0 Å². The monoisotopic (exact) mass is 196 g/mol. The highest BCUT2D eigenvalue weighted by Gasteiger charge is 2.28. The van der Waals surface area contributed by atoms with Crippen LogP contribution in [-0.4, -0.2) is 41.5 Å². The summed E-state index contributed by atoms with van der Waals surface area (Å²) in [5.41, 5.74) is 0. The molecule has 0 aliphatic carbocycles. The Morgan fingerprint density at radius 3 is 3.07 bits per heavy atom. The number of nitrogens with two attached hydrogens (primary N) is 1. The number of rotatable bonds is 3. The summed E-state index contributed by atoms with van der Waals surface area (Å²) in [5.74, 6) is 5.49. The highest BCUT2D eigenvalue weighted by atomic mass is 16.2. The second kappa shape index (κ2) is 4.94. The second-order valence-electron chi connectivity index (χ2n) is 3.44. The molecule has 0 aromatic rings. The minimum absolute atomic E-state index is 0.0431. The van der Waals surface area contributed by atoms with Crippen LogP contribution in [0.15, 0.2) is 0 Å². The number of likely N-dealkylation sites (N-methyl/N-ethyl adjacent to an activating group) is 1. The number of nitrogens with zero attached hydrogens (tertiary/aromatic N) is 3. The van der Waals surface area contributed by atoms with Gasteiger partial charge in [-0.05, 0) is 12.8 Å². The molecule has 2 N–H and O–H groups in total. The quantitative estimate of drug-likeness (QED) is 0.496. The maximum absolute atomic E-state index is 11.6. The van der Waals surface area contributed by atoms with Crippen LogP contribution in [-0.2, 0) is 4.79 Å². The zero-order chi connectivity index (χ0) is 10.6. The molecule has 0 bridgehead atoms. The summed E-state index contributed by atoms with van der Waals surface area (Å²) in [6, 6.07) is 1.89. The molecule has 1 heterocycles. The fourth-order valence-electron chi connectivity index (χ4n) is 1.58. The van der Waals surface area contributed by atoms with Crippen molar-refractivity contribution in [2.45, 2.75) is 25.8 Å². The fraction of sp³-hybridized carbons (Fsp3) is 0.778. The van der Waals surface area contributed by atoms with Crippen LogP contribution in [0.3, 0.4) is 0 Å². The molecular weight excluding hydrogens is 180 g/mol. The van der Waals surface area contributed by atoms with Gasteiger partial charge in [-0.15, -0.1) is 0 Å². The van der Waals surface area contributed by atoms with E-state index in [0.29, 0.717) is 13.1 Å². The normalized spacial score (nSPS) is 21.3. The molecule has 1 aliphatic heterocycles. The Bertz CT molecular complexity index is 248. The average molecular weight is 196 g/mol. The summed E-state index contributed by atoms with van der Waals surface area (Å²) < 4.78 is 0. The van der Waals surface area contributed by atoms with Crippen LogP contribution in [0, 0.1) is 11.3 Å². The van der Waals surface area contributed by atoms with Crippen LogP contribution in [0.25, 0.3) is 0 Å². The first-order valence-corrected chi connectivity index (χ1v) is 4.87. The van der Waals surface area contributed by atoms with E-state index in [0.717, 1.165) is 12.8 Å². The van der Waals surface area contributed by atoms with Crippen molar-refractivity contribution in [1.82, 2.24) is 9.91 Å². The van der Waals surface area contributed by atoms with Crippen molar-refractivity contribution in [3.8, 4) is 6.07 Å². The third-order valence-electron chi connectivity index (χ3n) is 2.47. The lowest BCUT2D eigenvalue weighted by atomic mass is 10.2. The van der Waals surface area contributed by atoms with Crippen LogP contribution in [0.5, 0.6) is 0 Å². The Kier molecular flexibility index (Phi) is 3.86. The molecule has 1 aliphatic rings. The van der Waals surface area contributed by atoms with Gasteiger partial charge in [0.15, 0.2) is 0 Å². The van der Waals surface area contributed by atoms with E-state index >= 15 is 0 Å². The Morgan fingerprint density at radius 2 is 2.50 bits per heavy atom. The van der Waals surface area contributed by atoms with Crippen molar-refractivity contribution in [1.29, 1.82) is 5.26 Å². The number of likely N-dealkylation sites (tertiary alicyclic amines) is 1. The van der Waals surface area contributed by atoms with Crippen molar-refractivity contribution < 1.29 is 4.79 Å². The van der Waals surface area contributed by atoms with Crippen LogP contribution >= 0.6 is 0 Å². The molecular formula is C9H16N4O. The van der Waals surface area contributed by atoms with E-state index in [1.807, 2.05) is 6.92 Å². The second-order valence-corrected chi connectivity index (χ2v) is 3.44. The highest BCUT2D eigenvalue weighted by molar-refractivity contribution is 5.79. The Labute approximate surface area is 84.0 Å². The number of carbonyl (C=O) groups is 1. The molecule has 0 aromatic carbocycles. The van der Waals surface area contributed by atoms with E-state index in [-0.39, 0.29) is 18.5 Å². The lowest BCUT2D eigenvalue weighted by Crippen LogP contribution is -2.44. The zero-order valence-corrected chi connectivity index (χ0v) is 8.44. The predicted molar refractivity (Wildman–Crippen MR) is 51.8 cm³/mol. The molecule has 78 valence electrons. The minimum atomic E-state index is -0.243. The summed E-state index contributed by atoms with van der Waals surface area (Å²) in [5, 5.41) is 10.2. The van der Waals surface area contributed by atoms with Crippen LogP contribution in [0.1, 0.15) is 19.8 Å². The van der Waals surface area contributed by atoms with Gasteiger partial charge in [-0.25, -0.2) is 5.01 Å². The van der Waals surface area contributed by atoms with Crippen LogP contribution in [0.4, 0.5) is 0 Å². The third-order valence-corrected chi connectivity index (χ3v) is 2.47. The first-order valence-electron chi connectivity index (χ1n) is 4.87. The highest BCUT2D eigenvalue weighted by Crippen LogP contribution is 2.16. The van der Waals surface area contributed by atoms with Gasteiger partial charge >= 0.3 is 0 Å². The van der Waals surface area contributed by atoms with Gasteiger partial charge in [0.1, 0.15) is 6.04 Å². The molecule has 14 heavy (non-hydrogen) atoms. The summed E-state index contributed by atoms with van der Waals surface area (Å²) in [6.07, 6.45) is 1.71. The number of amides is 1. The summed E-state index contributed by atoms with van der Waals surface area (Å²) in [6.45, 7) is 3.42. The van der Waals surface area contributed by atoms with Gasteiger partial charge < -0.3 is 4.90 Å². The Balaban J connectivity index is 2.48. The molecule has 1 rings (SSSR count). The molecule has 1 saturated heterocycles. The fourth-order valence-corrected chi connectivity index (χ4v) is 1.58. The first-order chi connectivity index (χ1) is 6.69.